The third-order valence-corrected chi connectivity index (χ3v) is 7.10. The number of nitrogens with one attached hydrogen (secondary N) is 2. The van der Waals surface area contributed by atoms with E-state index in [4.69, 9.17) is 9.47 Å². The molecule has 2 atom stereocenters. The van der Waals surface area contributed by atoms with Crippen molar-refractivity contribution in [1.29, 1.82) is 0 Å². The van der Waals surface area contributed by atoms with Gasteiger partial charge in [-0.2, -0.15) is 13.2 Å². The molecule has 0 saturated heterocycles. The Morgan fingerprint density at radius 3 is 2.02 bits per heavy atom. The van der Waals surface area contributed by atoms with Gasteiger partial charge in [0.25, 0.3) is 0 Å². The number of halogens is 3. The van der Waals surface area contributed by atoms with Crippen LogP contribution in [0, 0.1) is 6.92 Å². The first-order valence-corrected chi connectivity index (χ1v) is 15.9. The fraction of sp³-hybridized carbons (Fsp3) is 0.459. The molecular formula is C37H52F3N5O5. The molecule has 0 bridgehead atoms. The Hall–Kier alpha value is -4.49. The zero-order valence-electron chi connectivity index (χ0n) is 30.7. The fourth-order valence-corrected chi connectivity index (χ4v) is 4.03. The number of hydrogen-bond acceptors (Lipinski definition) is 7. The lowest BCUT2D eigenvalue weighted by molar-refractivity contribution is -0.139. The molecular weight excluding hydrogens is 651 g/mol. The van der Waals surface area contributed by atoms with E-state index in [-0.39, 0.29) is 29.5 Å². The van der Waals surface area contributed by atoms with Crippen LogP contribution < -0.4 is 10.6 Å². The smallest absolute Gasteiger partial charge is 0.379 e. The molecule has 1 aromatic heterocycles. The maximum Gasteiger partial charge on any atom is 0.416 e. The molecule has 2 amide bonds. The highest BCUT2D eigenvalue weighted by Gasteiger charge is 2.38. The lowest BCUT2D eigenvalue weighted by atomic mass is 9.98. The summed E-state index contributed by atoms with van der Waals surface area (Å²) in [6.07, 6.45) is -0.154. The van der Waals surface area contributed by atoms with E-state index < -0.39 is 35.3 Å². The number of alkyl halides is 3. The largest absolute Gasteiger partial charge is 0.416 e. The molecule has 3 aromatic rings. The number of ketones is 1. The monoisotopic (exact) mass is 703 g/mol. The standard InChI is InChI=1S/C17H24N2O3.C15H16F3N3O.C5H12O/c1-5-18-17(3,4)16(21)19-15(13(2)20)12-22-11-14-9-7-6-8-10-14;1-10-8-21(9-19-10)13(14(22)20(2)3)11-6-4-5-7-12(11)15(16,17)18;1-5(2,3)6-4/h5-10,15,18H,1,11-12H2,2-4H3,(H,19,21);4-9,13H,1-3H3;1-4H3. The summed E-state index contributed by atoms with van der Waals surface area (Å²) in [5, 5.41) is 5.55. The van der Waals surface area contributed by atoms with Gasteiger partial charge < -0.3 is 29.6 Å². The number of amides is 2. The number of hydrogen-bond donors (Lipinski definition) is 2. The van der Waals surface area contributed by atoms with Gasteiger partial charge >= 0.3 is 6.18 Å². The number of likely N-dealkylation sites (N-methyl/N-ethyl adjacent to an activating group) is 1. The van der Waals surface area contributed by atoms with Crippen LogP contribution in [0.25, 0.3) is 0 Å². The number of rotatable bonds is 12. The molecule has 0 aliphatic rings. The third kappa shape index (κ3) is 15.0. The highest BCUT2D eigenvalue weighted by Crippen LogP contribution is 2.36. The van der Waals surface area contributed by atoms with Crippen LogP contribution in [0.15, 0.2) is 79.9 Å². The maximum atomic E-state index is 13.2. The number of benzene rings is 2. The van der Waals surface area contributed by atoms with Gasteiger partial charge in [-0.3, -0.25) is 14.4 Å². The molecule has 2 unspecified atom stereocenters. The summed E-state index contributed by atoms with van der Waals surface area (Å²) >= 11 is 0. The van der Waals surface area contributed by atoms with Crippen LogP contribution in [0.1, 0.15) is 70.0 Å². The van der Waals surface area contributed by atoms with E-state index in [9.17, 15) is 27.6 Å². The molecule has 0 spiro atoms. The quantitative estimate of drug-likeness (QED) is 0.234. The summed E-state index contributed by atoms with van der Waals surface area (Å²) in [6, 6.07) is 13.0. The summed E-state index contributed by atoms with van der Waals surface area (Å²) in [7, 11) is 4.73. The summed E-state index contributed by atoms with van der Waals surface area (Å²) in [5.74, 6) is -0.874. The Kier molecular flexibility index (Phi) is 17.1. The van der Waals surface area contributed by atoms with Crippen LogP contribution in [0.2, 0.25) is 0 Å². The zero-order chi connectivity index (χ0) is 38.3. The zero-order valence-corrected chi connectivity index (χ0v) is 30.7. The predicted octanol–water partition coefficient (Wildman–Crippen LogP) is 6.11. The first kappa shape index (κ1) is 43.5. The normalized spacial score (nSPS) is 12.6. The van der Waals surface area contributed by atoms with Gasteiger partial charge in [-0.15, -0.1) is 0 Å². The second-order valence-electron chi connectivity index (χ2n) is 13.1. The molecule has 0 aliphatic carbocycles. The average Bonchev–Trinajstić information content (AvgIpc) is 3.46. The number of aromatic nitrogens is 2. The number of Topliss-reactive ketones (excluding diaryl/α,β-unsaturated/α-hetero) is 1. The highest BCUT2D eigenvalue weighted by molar-refractivity contribution is 5.91. The van der Waals surface area contributed by atoms with Crippen molar-refractivity contribution in [3.05, 3.63) is 102 Å². The van der Waals surface area contributed by atoms with E-state index in [0.29, 0.717) is 12.3 Å². The van der Waals surface area contributed by atoms with Crippen LogP contribution in [0.3, 0.4) is 0 Å². The van der Waals surface area contributed by atoms with Crippen molar-refractivity contribution >= 4 is 17.6 Å². The third-order valence-electron chi connectivity index (χ3n) is 7.10. The van der Waals surface area contributed by atoms with Gasteiger partial charge in [-0.1, -0.05) is 55.1 Å². The van der Waals surface area contributed by atoms with E-state index in [1.165, 1.54) is 61.2 Å². The minimum atomic E-state index is -4.53. The summed E-state index contributed by atoms with van der Waals surface area (Å²) in [4.78, 5) is 41.6. The maximum absolute atomic E-state index is 13.2. The number of ether oxygens (including phenoxy) is 2. The van der Waals surface area contributed by atoms with Gasteiger partial charge in [0, 0.05) is 27.4 Å². The summed E-state index contributed by atoms with van der Waals surface area (Å²) < 4.78 is 51.6. The van der Waals surface area contributed by atoms with Crippen LogP contribution in [-0.2, 0) is 36.6 Å². The lowest BCUT2D eigenvalue weighted by Crippen LogP contribution is -2.55. The minimum absolute atomic E-state index is 0.0417. The highest BCUT2D eigenvalue weighted by atomic mass is 19.4. The molecule has 13 heteroatoms. The number of carbonyl (C=O) groups is 3. The summed E-state index contributed by atoms with van der Waals surface area (Å²) in [5.41, 5.74) is -0.0620. The Bertz CT molecular complexity index is 1520. The number of imidazole rings is 1. The van der Waals surface area contributed by atoms with Gasteiger partial charge in [0.1, 0.15) is 17.6 Å². The number of aryl methyl sites for hydroxylation is 1. The Morgan fingerprint density at radius 2 is 1.56 bits per heavy atom. The number of nitrogens with zero attached hydrogens (tertiary/aromatic N) is 3. The van der Waals surface area contributed by atoms with Crippen molar-refractivity contribution in [1.82, 2.24) is 25.1 Å². The van der Waals surface area contributed by atoms with Crippen LogP contribution in [-0.4, -0.2) is 77.0 Å². The van der Waals surface area contributed by atoms with Crippen LogP contribution in [0.4, 0.5) is 13.2 Å². The van der Waals surface area contributed by atoms with Gasteiger partial charge in [0.05, 0.1) is 36.4 Å². The van der Waals surface area contributed by atoms with Gasteiger partial charge in [0.15, 0.2) is 5.78 Å². The number of methoxy groups -OCH3 is 1. The molecule has 1 heterocycles. The van der Waals surface area contributed by atoms with Gasteiger partial charge in [0.2, 0.25) is 11.8 Å². The van der Waals surface area contributed by atoms with Crippen molar-refractivity contribution in [2.75, 3.05) is 27.8 Å². The van der Waals surface area contributed by atoms with Crippen LogP contribution >= 0.6 is 0 Å². The van der Waals surface area contributed by atoms with E-state index in [1.54, 1.807) is 34.1 Å². The van der Waals surface area contributed by atoms with Gasteiger partial charge in [-0.25, -0.2) is 4.98 Å². The first-order chi connectivity index (χ1) is 23.1. The first-order valence-electron chi connectivity index (χ1n) is 15.9. The summed E-state index contributed by atoms with van der Waals surface area (Å²) in [6.45, 7) is 16.7. The topological polar surface area (TPSA) is 115 Å². The molecule has 0 aliphatic heterocycles. The van der Waals surface area contributed by atoms with E-state index in [0.717, 1.165) is 11.6 Å². The molecule has 0 radical (unpaired) electrons. The molecule has 276 valence electrons. The SMILES string of the molecule is C=CNC(C)(C)C(=O)NC(COCc1ccccc1)C(C)=O.COC(C)(C)C.Cc1cn(C(C(=O)N(C)C)c2ccccc2C(F)(F)F)cn1. The average molecular weight is 704 g/mol. The Morgan fingerprint density at radius 1 is 1.00 bits per heavy atom. The van der Waals surface area contributed by atoms with Crippen molar-refractivity contribution in [2.24, 2.45) is 0 Å². The molecule has 3 rings (SSSR count). The van der Waals surface area contributed by atoms with Crippen molar-refractivity contribution in [2.45, 2.75) is 84.5 Å². The second kappa shape index (κ2) is 19.6. The Balaban J connectivity index is 0.000000430. The van der Waals surface area contributed by atoms with Crippen molar-refractivity contribution in [3.8, 4) is 0 Å². The second-order valence-corrected chi connectivity index (χ2v) is 13.1. The number of carbonyl (C=O) groups excluding carboxylic acids is 3. The van der Waals surface area contributed by atoms with Crippen LogP contribution in [0.5, 0.6) is 0 Å². The van der Waals surface area contributed by atoms with E-state index in [1.807, 2.05) is 51.1 Å². The van der Waals surface area contributed by atoms with Crippen molar-refractivity contribution < 1.29 is 37.0 Å². The molecule has 2 aromatic carbocycles. The fourth-order valence-electron chi connectivity index (χ4n) is 4.03. The molecule has 0 fully saturated rings. The lowest BCUT2D eigenvalue weighted by Gasteiger charge is -2.26. The molecule has 50 heavy (non-hydrogen) atoms. The molecule has 2 N–H and O–H groups in total. The Labute approximate surface area is 294 Å². The predicted molar refractivity (Wildman–Crippen MR) is 188 cm³/mol. The van der Waals surface area contributed by atoms with Gasteiger partial charge in [-0.05, 0) is 71.9 Å². The van der Waals surface area contributed by atoms with Crippen molar-refractivity contribution in [3.63, 3.8) is 0 Å². The van der Waals surface area contributed by atoms with E-state index >= 15 is 0 Å². The molecule has 0 saturated carbocycles. The molecule has 10 nitrogen and oxygen atoms in total. The minimum Gasteiger partial charge on any atom is -0.379 e. The van der Waals surface area contributed by atoms with E-state index in [2.05, 4.69) is 22.2 Å².